The van der Waals surface area contributed by atoms with Gasteiger partial charge in [0.15, 0.2) is 0 Å². The molecule has 0 spiro atoms. The van der Waals surface area contributed by atoms with Gasteiger partial charge in [-0.15, -0.1) is 0 Å². The van der Waals surface area contributed by atoms with Crippen LogP contribution in [0.4, 0.5) is 5.69 Å². The Morgan fingerprint density at radius 1 is 1.21 bits per heavy atom. The lowest BCUT2D eigenvalue weighted by Gasteiger charge is -2.07. The molecule has 2 aromatic rings. The Balaban J connectivity index is 2.31. The lowest BCUT2D eigenvalue weighted by Crippen LogP contribution is -2.13. The average molecular weight is 279 g/mol. The molecular weight excluding hydrogens is 262 g/mol. The Hall–Kier alpha value is -1.82. The minimum absolute atomic E-state index is 0.218. The first kappa shape index (κ1) is 13.6. The van der Waals surface area contributed by atoms with Gasteiger partial charge < -0.3 is 0 Å². The van der Waals surface area contributed by atoms with E-state index < -0.39 is 10.0 Å². The Morgan fingerprint density at radius 2 is 1.84 bits per heavy atom. The summed E-state index contributed by atoms with van der Waals surface area (Å²) in [5, 5.41) is 4.15. The van der Waals surface area contributed by atoms with Gasteiger partial charge in [-0.2, -0.15) is 5.10 Å². The second kappa shape index (κ2) is 5.05. The molecule has 0 aliphatic heterocycles. The third-order valence-electron chi connectivity index (χ3n) is 2.82. The van der Waals surface area contributed by atoms with Crippen molar-refractivity contribution >= 4 is 15.7 Å². The minimum Gasteiger partial charge on any atom is -0.280 e. The van der Waals surface area contributed by atoms with Gasteiger partial charge in [-0.25, -0.2) is 8.42 Å². The maximum absolute atomic E-state index is 12.3. The van der Waals surface area contributed by atoms with Gasteiger partial charge in [-0.1, -0.05) is 17.7 Å². The first-order valence-electron chi connectivity index (χ1n) is 6.06. The number of aryl methyl sites for hydroxylation is 3. The number of nitrogens with zero attached hydrogens (tertiary/aromatic N) is 2. The zero-order chi connectivity index (χ0) is 14.0. The second-order valence-electron chi connectivity index (χ2n) is 4.41. The molecule has 0 atom stereocenters. The van der Waals surface area contributed by atoms with E-state index in [9.17, 15) is 8.42 Å². The largest absolute Gasteiger partial charge is 0.280 e. The Morgan fingerprint density at radius 3 is 2.37 bits per heavy atom. The van der Waals surface area contributed by atoms with E-state index in [-0.39, 0.29) is 4.90 Å². The van der Waals surface area contributed by atoms with Crippen LogP contribution in [0.2, 0.25) is 0 Å². The first-order chi connectivity index (χ1) is 8.92. The van der Waals surface area contributed by atoms with Crippen molar-refractivity contribution in [2.45, 2.75) is 32.2 Å². The van der Waals surface area contributed by atoms with E-state index in [1.807, 2.05) is 26.0 Å². The van der Waals surface area contributed by atoms with E-state index >= 15 is 0 Å². The number of rotatable bonds is 4. The number of hydrogen-bond donors (Lipinski definition) is 1. The van der Waals surface area contributed by atoms with Crippen molar-refractivity contribution in [3.05, 3.63) is 41.7 Å². The normalized spacial score (nSPS) is 11.5. The van der Waals surface area contributed by atoms with Gasteiger partial charge in [-0.05, 0) is 32.9 Å². The predicted molar refractivity (Wildman–Crippen MR) is 74.6 cm³/mol. The van der Waals surface area contributed by atoms with Crippen molar-refractivity contribution in [1.29, 1.82) is 0 Å². The van der Waals surface area contributed by atoms with E-state index in [0.717, 1.165) is 5.56 Å². The van der Waals surface area contributed by atoms with Crippen LogP contribution in [0.1, 0.15) is 18.2 Å². The fourth-order valence-electron chi connectivity index (χ4n) is 1.76. The van der Waals surface area contributed by atoms with Crippen molar-refractivity contribution in [2.75, 3.05) is 4.72 Å². The molecule has 102 valence electrons. The summed E-state index contributed by atoms with van der Waals surface area (Å²) >= 11 is 0. The average Bonchev–Trinajstić information content (AvgIpc) is 2.74. The molecule has 1 N–H and O–H groups in total. The molecule has 0 amide bonds. The summed E-state index contributed by atoms with van der Waals surface area (Å²) in [7, 11) is -3.58. The standard InChI is InChI=1S/C13H17N3O2S/c1-4-16-9-13(11(3)14-16)19(17,18)15-12-7-5-10(2)6-8-12/h5-9,15H,4H2,1-3H3. The van der Waals surface area contributed by atoms with Crippen LogP contribution in [0.15, 0.2) is 35.4 Å². The third kappa shape index (κ3) is 2.96. The highest BCUT2D eigenvalue weighted by Crippen LogP contribution is 2.18. The summed E-state index contributed by atoms with van der Waals surface area (Å²) in [4.78, 5) is 0.218. The number of benzene rings is 1. The molecule has 0 fully saturated rings. The minimum atomic E-state index is -3.58. The Kier molecular flexibility index (Phi) is 3.61. The van der Waals surface area contributed by atoms with Crippen LogP contribution in [0.25, 0.3) is 0 Å². The number of anilines is 1. The fourth-order valence-corrected chi connectivity index (χ4v) is 3.00. The lowest BCUT2D eigenvalue weighted by atomic mass is 10.2. The highest BCUT2D eigenvalue weighted by molar-refractivity contribution is 7.92. The van der Waals surface area contributed by atoms with Gasteiger partial charge in [0.1, 0.15) is 4.90 Å². The third-order valence-corrected chi connectivity index (χ3v) is 4.30. The number of nitrogens with one attached hydrogen (secondary N) is 1. The summed E-state index contributed by atoms with van der Waals surface area (Å²) in [5.41, 5.74) is 2.13. The zero-order valence-electron chi connectivity index (χ0n) is 11.2. The maximum atomic E-state index is 12.3. The van der Waals surface area contributed by atoms with Crippen molar-refractivity contribution in [1.82, 2.24) is 9.78 Å². The fraction of sp³-hybridized carbons (Fsp3) is 0.308. The maximum Gasteiger partial charge on any atom is 0.265 e. The molecule has 0 bridgehead atoms. The summed E-state index contributed by atoms with van der Waals surface area (Å²) in [6.45, 7) is 6.20. The monoisotopic (exact) mass is 279 g/mol. The summed E-state index contributed by atoms with van der Waals surface area (Å²) in [6.07, 6.45) is 1.55. The molecule has 1 heterocycles. The van der Waals surface area contributed by atoms with Crippen molar-refractivity contribution < 1.29 is 8.42 Å². The summed E-state index contributed by atoms with van der Waals surface area (Å²) < 4.78 is 28.7. The molecule has 0 saturated carbocycles. The molecule has 0 aliphatic rings. The van der Waals surface area contributed by atoms with Crippen molar-refractivity contribution in [3.63, 3.8) is 0 Å². The van der Waals surface area contributed by atoms with Gasteiger partial charge in [0.2, 0.25) is 0 Å². The molecule has 0 saturated heterocycles. The molecule has 1 aromatic carbocycles. The molecule has 19 heavy (non-hydrogen) atoms. The quantitative estimate of drug-likeness (QED) is 0.934. The highest BCUT2D eigenvalue weighted by atomic mass is 32.2. The van der Waals surface area contributed by atoms with Gasteiger partial charge in [0.25, 0.3) is 10.0 Å². The van der Waals surface area contributed by atoms with Crippen LogP contribution >= 0.6 is 0 Å². The molecule has 5 nitrogen and oxygen atoms in total. The zero-order valence-corrected chi connectivity index (χ0v) is 12.0. The number of sulfonamides is 1. The molecule has 1 aromatic heterocycles. The lowest BCUT2D eigenvalue weighted by molar-refractivity contribution is 0.600. The molecule has 2 rings (SSSR count). The second-order valence-corrected chi connectivity index (χ2v) is 6.06. The smallest absolute Gasteiger partial charge is 0.265 e. The summed E-state index contributed by atoms with van der Waals surface area (Å²) in [5.74, 6) is 0. The Labute approximate surface area is 113 Å². The van der Waals surface area contributed by atoms with E-state index in [1.54, 1.807) is 29.9 Å². The van der Waals surface area contributed by atoms with E-state index in [0.29, 0.717) is 17.9 Å². The van der Waals surface area contributed by atoms with Crippen LogP contribution in [0, 0.1) is 13.8 Å². The molecule has 6 heteroatoms. The molecule has 0 radical (unpaired) electrons. The van der Waals surface area contributed by atoms with Gasteiger partial charge in [-0.3, -0.25) is 9.40 Å². The Bertz CT molecular complexity index is 672. The van der Waals surface area contributed by atoms with E-state index in [2.05, 4.69) is 9.82 Å². The topological polar surface area (TPSA) is 64.0 Å². The number of aromatic nitrogens is 2. The number of hydrogen-bond acceptors (Lipinski definition) is 3. The highest BCUT2D eigenvalue weighted by Gasteiger charge is 2.20. The van der Waals surface area contributed by atoms with Gasteiger partial charge >= 0.3 is 0 Å². The van der Waals surface area contributed by atoms with Crippen LogP contribution in [-0.4, -0.2) is 18.2 Å². The van der Waals surface area contributed by atoms with Crippen molar-refractivity contribution in [2.24, 2.45) is 0 Å². The molecule has 0 unspecified atom stereocenters. The first-order valence-corrected chi connectivity index (χ1v) is 7.54. The van der Waals surface area contributed by atoms with E-state index in [4.69, 9.17) is 0 Å². The summed E-state index contributed by atoms with van der Waals surface area (Å²) in [6, 6.07) is 7.21. The van der Waals surface area contributed by atoms with Crippen LogP contribution in [0.3, 0.4) is 0 Å². The van der Waals surface area contributed by atoms with Crippen LogP contribution < -0.4 is 4.72 Å². The SMILES string of the molecule is CCn1cc(S(=O)(=O)Nc2ccc(C)cc2)c(C)n1. The van der Waals surface area contributed by atoms with Crippen LogP contribution in [0.5, 0.6) is 0 Å². The predicted octanol–water partition coefficient (Wildman–Crippen LogP) is 2.32. The van der Waals surface area contributed by atoms with E-state index in [1.165, 1.54) is 0 Å². The van der Waals surface area contributed by atoms with Gasteiger partial charge in [0, 0.05) is 18.4 Å². The molecule has 0 aliphatic carbocycles. The van der Waals surface area contributed by atoms with Crippen LogP contribution in [-0.2, 0) is 16.6 Å². The van der Waals surface area contributed by atoms with Crippen molar-refractivity contribution in [3.8, 4) is 0 Å². The molecular formula is C13H17N3O2S. The van der Waals surface area contributed by atoms with Gasteiger partial charge in [0.05, 0.1) is 5.69 Å².